The lowest BCUT2D eigenvalue weighted by molar-refractivity contribution is 0.416. The average Bonchev–Trinajstić information content (AvgIpc) is 3.29. The van der Waals surface area contributed by atoms with Crippen molar-refractivity contribution in [1.82, 2.24) is 15.0 Å². The van der Waals surface area contributed by atoms with E-state index in [-0.39, 0.29) is 0 Å². The SMILES string of the molecule is COc1ccccc1-c1csc(C2CCN(c3ncnc4c(C)cccc34)CC2)n1. The molecule has 0 spiro atoms. The van der Waals surface area contributed by atoms with E-state index in [1.54, 1.807) is 24.8 Å². The summed E-state index contributed by atoms with van der Waals surface area (Å²) in [5.41, 5.74) is 4.30. The first-order valence-electron chi connectivity index (χ1n) is 10.3. The second kappa shape index (κ2) is 8.03. The van der Waals surface area contributed by atoms with E-state index in [4.69, 9.17) is 9.72 Å². The largest absolute Gasteiger partial charge is 0.496 e. The maximum Gasteiger partial charge on any atom is 0.139 e. The second-order valence-corrected chi connectivity index (χ2v) is 8.59. The third-order valence-corrected chi connectivity index (χ3v) is 6.90. The Morgan fingerprint density at radius 3 is 2.70 bits per heavy atom. The number of anilines is 1. The van der Waals surface area contributed by atoms with Crippen molar-refractivity contribution >= 4 is 28.1 Å². The van der Waals surface area contributed by atoms with E-state index < -0.39 is 0 Å². The summed E-state index contributed by atoms with van der Waals surface area (Å²) in [5, 5.41) is 4.52. The van der Waals surface area contributed by atoms with Crippen molar-refractivity contribution in [3.05, 3.63) is 64.7 Å². The molecule has 1 aliphatic rings. The maximum absolute atomic E-state index is 5.51. The van der Waals surface area contributed by atoms with E-state index in [9.17, 15) is 0 Å². The normalized spacial score (nSPS) is 14.9. The fourth-order valence-electron chi connectivity index (χ4n) is 4.27. The molecule has 30 heavy (non-hydrogen) atoms. The molecule has 3 heterocycles. The number of rotatable bonds is 4. The molecular formula is C24H24N4OS. The molecule has 152 valence electrons. The van der Waals surface area contributed by atoms with Crippen molar-refractivity contribution < 1.29 is 4.74 Å². The van der Waals surface area contributed by atoms with Crippen molar-refractivity contribution in [2.24, 2.45) is 0 Å². The molecule has 0 saturated carbocycles. The van der Waals surface area contributed by atoms with E-state index in [1.165, 1.54) is 10.6 Å². The fraction of sp³-hybridized carbons (Fsp3) is 0.292. The van der Waals surface area contributed by atoms with Gasteiger partial charge in [-0.3, -0.25) is 0 Å². The summed E-state index contributed by atoms with van der Waals surface area (Å²) in [5.74, 6) is 2.41. The molecule has 2 aromatic carbocycles. The van der Waals surface area contributed by atoms with E-state index in [0.717, 1.165) is 59.7 Å². The van der Waals surface area contributed by atoms with Crippen LogP contribution in [0.5, 0.6) is 5.75 Å². The van der Waals surface area contributed by atoms with Crippen molar-refractivity contribution in [2.45, 2.75) is 25.7 Å². The van der Waals surface area contributed by atoms with Gasteiger partial charge in [0.25, 0.3) is 0 Å². The number of aromatic nitrogens is 3. The number of aryl methyl sites for hydroxylation is 1. The summed E-state index contributed by atoms with van der Waals surface area (Å²) >= 11 is 1.76. The minimum atomic E-state index is 0.490. The number of piperidine rings is 1. The van der Waals surface area contributed by atoms with Crippen LogP contribution >= 0.6 is 11.3 Å². The van der Waals surface area contributed by atoms with Gasteiger partial charge in [0.2, 0.25) is 0 Å². The summed E-state index contributed by atoms with van der Waals surface area (Å²) in [7, 11) is 1.71. The molecule has 6 heteroatoms. The van der Waals surface area contributed by atoms with Gasteiger partial charge in [0.05, 0.1) is 23.3 Å². The molecule has 1 saturated heterocycles. The lowest BCUT2D eigenvalue weighted by Crippen LogP contribution is -2.33. The first kappa shape index (κ1) is 19.0. The van der Waals surface area contributed by atoms with E-state index in [2.05, 4.69) is 51.4 Å². The first-order chi connectivity index (χ1) is 14.7. The number of fused-ring (bicyclic) bond motifs is 1. The molecule has 1 aliphatic heterocycles. The molecule has 0 atom stereocenters. The van der Waals surface area contributed by atoms with Gasteiger partial charge in [0, 0.05) is 35.3 Å². The Hall–Kier alpha value is -2.99. The zero-order chi connectivity index (χ0) is 20.5. The molecule has 2 aromatic heterocycles. The van der Waals surface area contributed by atoms with Gasteiger partial charge in [-0.1, -0.05) is 24.3 Å². The van der Waals surface area contributed by atoms with Crippen molar-refractivity contribution in [3.63, 3.8) is 0 Å². The van der Waals surface area contributed by atoms with Crippen LogP contribution in [0.25, 0.3) is 22.2 Å². The molecule has 5 rings (SSSR count). The lowest BCUT2D eigenvalue weighted by atomic mass is 9.97. The van der Waals surface area contributed by atoms with Gasteiger partial charge in [-0.15, -0.1) is 11.3 Å². The molecule has 0 radical (unpaired) electrons. The van der Waals surface area contributed by atoms with Crippen molar-refractivity contribution in [3.8, 4) is 17.0 Å². The Labute approximate surface area is 180 Å². The summed E-state index contributed by atoms with van der Waals surface area (Å²) in [4.78, 5) is 16.5. The highest BCUT2D eigenvalue weighted by atomic mass is 32.1. The van der Waals surface area contributed by atoms with Gasteiger partial charge in [-0.2, -0.15) is 0 Å². The van der Waals surface area contributed by atoms with E-state index >= 15 is 0 Å². The van der Waals surface area contributed by atoms with Gasteiger partial charge in [-0.05, 0) is 43.5 Å². The third-order valence-electron chi connectivity index (χ3n) is 5.89. The Morgan fingerprint density at radius 1 is 1.03 bits per heavy atom. The number of hydrogen-bond donors (Lipinski definition) is 0. The van der Waals surface area contributed by atoms with Crippen LogP contribution in [0.3, 0.4) is 0 Å². The number of nitrogens with zero attached hydrogens (tertiary/aromatic N) is 4. The van der Waals surface area contributed by atoms with E-state index in [1.807, 2.05) is 18.2 Å². The minimum absolute atomic E-state index is 0.490. The number of methoxy groups -OCH3 is 1. The van der Waals surface area contributed by atoms with Gasteiger partial charge in [-0.25, -0.2) is 15.0 Å². The average molecular weight is 417 g/mol. The first-order valence-corrected chi connectivity index (χ1v) is 11.2. The summed E-state index contributed by atoms with van der Waals surface area (Å²) < 4.78 is 5.51. The highest BCUT2D eigenvalue weighted by Gasteiger charge is 2.25. The predicted octanol–water partition coefficient (Wildman–Crippen LogP) is 5.45. The Morgan fingerprint density at radius 2 is 1.87 bits per heavy atom. The second-order valence-electron chi connectivity index (χ2n) is 7.70. The third kappa shape index (κ3) is 3.41. The Kier molecular flexibility index (Phi) is 5.09. The molecule has 1 fully saturated rings. The highest BCUT2D eigenvalue weighted by molar-refractivity contribution is 7.10. The minimum Gasteiger partial charge on any atom is -0.496 e. The number of thiazole rings is 1. The molecule has 0 aliphatic carbocycles. The monoisotopic (exact) mass is 416 g/mol. The van der Waals surface area contributed by atoms with Crippen LogP contribution in [0.15, 0.2) is 54.2 Å². The molecule has 0 N–H and O–H groups in total. The molecular weight excluding hydrogens is 392 g/mol. The standard InChI is InChI=1S/C24H24N4OS/c1-16-6-5-8-19-22(16)25-15-26-23(19)28-12-10-17(11-13-28)24-27-20(14-30-24)18-7-3-4-9-21(18)29-2/h3-9,14-15,17H,10-13H2,1-2H3. The Balaban J connectivity index is 1.34. The lowest BCUT2D eigenvalue weighted by Gasteiger charge is -2.32. The summed E-state index contributed by atoms with van der Waals surface area (Å²) in [6.45, 7) is 4.07. The van der Waals surface area contributed by atoms with Gasteiger partial charge >= 0.3 is 0 Å². The van der Waals surface area contributed by atoms with E-state index in [0.29, 0.717) is 5.92 Å². The van der Waals surface area contributed by atoms with Crippen molar-refractivity contribution in [1.29, 1.82) is 0 Å². The highest BCUT2D eigenvalue weighted by Crippen LogP contribution is 2.37. The van der Waals surface area contributed by atoms with Crippen LogP contribution in [-0.2, 0) is 0 Å². The molecule has 4 aromatic rings. The number of hydrogen-bond acceptors (Lipinski definition) is 6. The maximum atomic E-state index is 5.51. The van der Waals surface area contributed by atoms with Gasteiger partial charge < -0.3 is 9.64 Å². The van der Waals surface area contributed by atoms with Crippen LogP contribution < -0.4 is 9.64 Å². The zero-order valence-corrected chi connectivity index (χ0v) is 18.0. The van der Waals surface area contributed by atoms with Crippen LogP contribution in [0.2, 0.25) is 0 Å². The molecule has 5 nitrogen and oxygen atoms in total. The van der Waals surface area contributed by atoms with Crippen LogP contribution in [0.1, 0.15) is 29.3 Å². The summed E-state index contributed by atoms with van der Waals surface area (Å²) in [6.07, 6.45) is 3.85. The molecule has 0 unspecified atom stereocenters. The predicted molar refractivity (Wildman–Crippen MR) is 123 cm³/mol. The quantitative estimate of drug-likeness (QED) is 0.442. The number of para-hydroxylation sites is 2. The van der Waals surface area contributed by atoms with Crippen LogP contribution in [0, 0.1) is 6.92 Å². The molecule has 0 bridgehead atoms. The number of benzene rings is 2. The smallest absolute Gasteiger partial charge is 0.139 e. The zero-order valence-electron chi connectivity index (χ0n) is 17.2. The van der Waals surface area contributed by atoms with Crippen LogP contribution in [-0.4, -0.2) is 35.2 Å². The fourth-order valence-corrected chi connectivity index (χ4v) is 5.26. The Bertz CT molecular complexity index is 1180. The van der Waals surface area contributed by atoms with Gasteiger partial charge in [0.1, 0.15) is 17.9 Å². The van der Waals surface area contributed by atoms with Gasteiger partial charge in [0.15, 0.2) is 0 Å². The molecule has 0 amide bonds. The summed E-state index contributed by atoms with van der Waals surface area (Å²) in [6, 6.07) is 14.4. The topological polar surface area (TPSA) is 51.1 Å². The van der Waals surface area contributed by atoms with Crippen molar-refractivity contribution in [2.75, 3.05) is 25.1 Å². The van der Waals surface area contributed by atoms with Crippen LogP contribution in [0.4, 0.5) is 5.82 Å². The number of ether oxygens (including phenoxy) is 1.